The summed E-state index contributed by atoms with van der Waals surface area (Å²) in [5.74, 6) is 1.65. The topological polar surface area (TPSA) is 51.6 Å². The lowest BCUT2D eigenvalue weighted by Gasteiger charge is -2.15. The van der Waals surface area contributed by atoms with Crippen LogP contribution in [0.15, 0.2) is 72.8 Å². The second-order valence-electron chi connectivity index (χ2n) is 6.96. The maximum atomic E-state index is 10.1. The Labute approximate surface area is 195 Å². The van der Waals surface area contributed by atoms with Crippen molar-refractivity contribution >= 4 is 45.6 Å². The molecule has 0 fully saturated rings. The Hall–Kier alpha value is -3.06. The molecule has 1 heterocycles. The average Bonchev–Trinajstić information content (AvgIpc) is 2.78. The Bertz CT molecular complexity index is 1220. The van der Waals surface area contributed by atoms with Gasteiger partial charge >= 0.3 is 0 Å². The van der Waals surface area contributed by atoms with Gasteiger partial charge in [-0.2, -0.15) is 0 Å². The fraction of sp³-hybridized carbons (Fsp3) is 0.115. The number of pyridine rings is 1. The van der Waals surface area contributed by atoms with Gasteiger partial charge in [0.2, 0.25) is 0 Å². The molecule has 5 heteroatoms. The highest BCUT2D eigenvalue weighted by molar-refractivity contribution is 14.1. The number of benzene rings is 3. The number of fused-ring (bicyclic) bond motifs is 1. The summed E-state index contributed by atoms with van der Waals surface area (Å²) in [6, 6.07) is 23.4. The number of aromatic hydroxyl groups is 1. The fourth-order valence-corrected chi connectivity index (χ4v) is 4.02. The second-order valence-corrected chi connectivity index (χ2v) is 8.12. The highest BCUT2D eigenvalue weighted by atomic mass is 127. The third-order valence-corrected chi connectivity index (χ3v) is 5.53. The van der Waals surface area contributed by atoms with Gasteiger partial charge in [-0.05, 0) is 71.0 Å². The monoisotopic (exact) mass is 523 g/mol. The molecule has 0 aliphatic rings. The van der Waals surface area contributed by atoms with Crippen LogP contribution >= 0.6 is 22.6 Å². The summed E-state index contributed by atoms with van der Waals surface area (Å²) in [5, 5.41) is 11.0. The van der Waals surface area contributed by atoms with Gasteiger partial charge in [-0.1, -0.05) is 54.6 Å². The molecular formula is C26H22INO3. The van der Waals surface area contributed by atoms with E-state index in [0.717, 1.165) is 31.5 Å². The lowest BCUT2D eigenvalue weighted by Crippen LogP contribution is -2.02. The number of hydrogen-bond donors (Lipinski definition) is 1. The minimum Gasteiger partial charge on any atom is -0.506 e. The number of rotatable bonds is 7. The zero-order chi connectivity index (χ0) is 21.6. The van der Waals surface area contributed by atoms with Gasteiger partial charge in [0.05, 0.1) is 15.9 Å². The molecule has 156 valence electrons. The predicted octanol–water partition coefficient (Wildman–Crippen LogP) is 6.69. The highest BCUT2D eigenvalue weighted by Crippen LogP contribution is 2.35. The van der Waals surface area contributed by atoms with Crippen molar-refractivity contribution in [3.63, 3.8) is 0 Å². The van der Waals surface area contributed by atoms with Crippen molar-refractivity contribution < 1.29 is 14.6 Å². The molecule has 0 amide bonds. The number of phenolic OH excluding ortho intramolecular Hbond substituents is 1. The lowest BCUT2D eigenvalue weighted by molar-refractivity contribution is 0.267. The van der Waals surface area contributed by atoms with Crippen molar-refractivity contribution in [2.24, 2.45) is 0 Å². The second kappa shape index (κ2) is 9.83. The summed E-state index contributed by atoms with van der Waals surface area (Å²) >= 11 is 2.28. The molecule has 0 atom stereocenters. The number of hydrogen-bond acceptors (Lipinski definition) is 4. The SMILES string of the molecule is CCOc1cc(C=Cc2ccc3cccc(O)c3n2)cc(I)c1OCc1ccccc1. The molecule has 1 N–H and O–H groups in total. The smallest absolute Gasteiger partial charge is 0.175 e. The third kappa shape index (κ3) is 5.17. The van der Waals surface area contributed by atoms with E-state index in [4.69, 9.17) is 9.47 Å². The zero-order valence-corrected chi connectivity index (χ0v) is 19.2. The van der Waals surface area contributed by atoms with Crippen LogP contribution in [0.5, 0.6) is 17.2 Å². The van der Waals surface area contributed by atoms with E-state index in [2.05, 4.69) is 33.6 Å². The lowest BCUT2D eigenvalue weighted by atomic mass is 10.1. The van der Waals surface area contributed by atoms with Crippen molar-refractivity contribution in [3.05, 3.63) is 93.2 Å². The van der Waals surface area contributed by atoms with Crippen molar-refractivity contribution in [2.75, 3.05) is 6.61 Å². The van der Waals surface area contributed by atoms with Gasteiger partial charge in [0.15, 0.2) is 11.5 Å². The fourth-order valence-electron chi connectivity index (χ4n) is 3.24. The van der Waals surface area contributed by atoms with Crippen LogP contribution in [0.3, 0.4) is 0 Å². The van der Waals surface area contributed by atoms with E-state index in [1.807, 2.05) is 79.7 Å². The summed E-state index contributed by atoms with van der Waals surface area (Å²) in [7, 11) is 0. The molecule has 31 heavy (non-hydrogen) atoms. The Morgan fingerprint density at radius 1 is 0.935 bits per heavy atom. The number of ether oxygens (including phenoxy) is 2. The standard InChI is InChI=1S/C26H22INO3/c1-2-30-24-16-19(15-22(27)26(24)31-17-18-7-4-3-5-8-18)11-13-21-14-12-20-9-6-10-23(29)25(20)28-21/h3-16,29H,2,17H2,1H3. The summed E-state index contributed by atoms with van der Waals surface area (Å²) in [4.78, 5) is 4.56. The number of phenols is 1. The predicted molar refractivity (Wildman–Crippen MR) is 133 cm³/mol. The number of para-hydroxylation sites is 1. The molecule has 1 aromatic heterocycles. The van der Waals surface area contributed by atoms with E-state index in [0.29, 0.717) is 24.5 Å². The molecule has 4 aromatic rings. The van der Waals surface area contributed by atoms with Crippen LogP contribution in [-0.2, 0) is 6.61 Å². The van der Waals surface area contributed by atoms with Crippen LogP contribution in [0.25, 0.3) is 23.1 Å². The highest BCUT2D eigenvalue weighted by Gasteiger charge is 2.12. The third-order valence-electron chi connectivity index (χ3n) is 4.72. The average molecular weight is 523 g/mol. The van der Waals surface area contributed by atoms with Gasteiger partial charge in [-0.25, -0.2) is 4.98 Å². The maximum absolute atomic E-state index is 10.1. The molecule has 0 aliphatic heterocycles. The minimum absolute atomic E-state index is 0.181. The summed E-state index contributed by atoms with van der Waals surface area (Å²) in [6.45, 7) is 2.99. The normalized spacial score (nSPS) is 11.2. The molecule has 0 radical (unpaired) electrons. The molecule has 0 spiro atoms. The first-order valence-corrected chi connectivity index (χ1v) is 11.1. The first kappa shape index (κ1) is 21.2. The van der Waals surface area contributed by atoms with E-state index in [1.165, 1.54) is 0 Å². The van der Waals surface area contributed by atoms with Gasteiger partial charge in [0, 0.05) is 5.39 Å². The molecular weight excluding hydrogens is 501 g/mol. The largest absolute Gasteiger partial charge is 0.506 e. The van der Waals surface area contributed by atoms with Gasteiger partial charge in [0.25, 0.3) is 0 Å². The molecule has 0 bridgehead atoms. The minimum atomic E-state index is 0.181. The van der Waals surface area contributed by atoms with Crippen LogP contribution < -0.4 is 9.47 Å². The number of halogens is 1. The number of nitrogens with zero attached hydrogens (tertiary/aromatic N) is 1. The van der Waals surface area contributed by atoms with Crippen LogP contribution in [0.2, 0.25) is 0 Å². The quantitative estimate of drug-likeness (QED) is 0.274. The van der Waals surface area contributed by atoms with E-state index in [-0.39, 0.29) is 5.75 Å². The Morgan fingerprint density at radius 2 is 1.77 bits per heavy atom. The van der Waals surface area contributed by atoms with Gasteiger partial charge < -0.3 is 14.6 Å². The van der Waals surface area contributed by atoms with Gasteiger partial charge in [-0.15, -0.1) is 0 Å². The summed E-state index contributed by atoms with van der Waals surface area (Å²) in [6.07, 6.45) is 3.91. The zero-order valence-electron chi connectivity index (χ0n) is 17.1. The summed E-state index contributed by atoms with van der Waals surface area (Å²) in [5.41, 5.74) is 3.46. The molecule has 4 nitrogen and oxygen atoms in total. The first-order valence-electron chi connectivity index (χ1n) is 10.0. The van der Waals surface area contributed by atoms with Crippen LogP contribution in [0.4, 0.5) is 0 Å². The van der Waals surface area contributed by atoms with Crippen LogP contribution in [0, 0.1) is 3.57 Å². The first-order chi connectivity index (χ1) is 15.1. The Balaban J connectivity index is 1.59. The molecule has 0 aliphatic carbocycles. The van der Waals surface area contributed by atoms with E-state index < -0.39 is 0 Å². The molecule has 0 saturated carbocycles. The Kier molecular flexibility index (Phi) is 6.72. The molecule has 3 aromatic carbocycles. The van der Waals surface area contributed by atoms with E-state index in [9.17, 15) is 5.11 Å². The van der Waals surface area contributed by atoms with Crippen molar-refractivity contribution in [1.82, 2.24) is 4.98 Å². The van der Waals surface area contributed by atoms with Crippen molar-refractivity contribution in [3.8, 4) is 17.2 Å². The van der Waals surface area contributed by atoms with Gasteiger partial charge in [0.1, 0.15) is 17.9 Å². The molecule has 0 unspecified atom stereocenters. The maximum Gasteiger partial charge on any atom is 0.175 e. The van der Waals surface area contributed by atoms with Crippen LogP contribution in [-0.4, -0.2) is 16.7 Å². The Morgan fingerprint density at radius 3 is 2.58 bits per heavy atom. The van der Waals surface area contributed by atoms with Crippen molar-refractivity contribution in [1.29, 1.82) is 0 Å². The van der Waals surface area contributed by atoms with E-state index >= 15 is 0 Å². The van der Waals surface area contributed by atoms with Crippen LogP contribution in [0.1, 0.15) is 23.7 Å². The molecule has 0 saturated heterocycles. The van der Waals surface area contributed by atoms with Gasteiger partial charge in [-0.3, -0.25) is 0 Å². The molecule has 4 rings (SSSR count). The van der Waals surface area contributed by atoms with E-state index in [1.54, 1.807) is 6.07 Å². The summed E-state index contributed by atoms with van der Waals surface area (Å²) < 4.78 is 12.9. The number of aromatic nitrogens is 1. The van der Waals surface area contributed by atoms with Crippen molar-refractivity contribution in [2.45, 2.75) is 13.5 Å².